The van der Waals surface area contributed by atoms with Gasteiger partial charge in [-0.1, -0.05) is 26.8 Å². The zero-order valence-corrected chi connectivity index (χ0v) is 19.7. The molecule has 2 aromatic heterocycles. The third-order valence-electron chi connectivity index (χ3n) is 4.87. The Hall–Kier alpha value is -2.63. The number of phenolic OH excluding ortho intramolecular Hbond substituents is 1. The molecule has 3 rings (SSSR count). The summed E-state index contributed by atoms with van der Waals surface area (Å²) in [4.78, 5) is -0.191. The molecule has 3 N–H and O–H groups in total. The second-order valence-corrected chi connectivity index (χ2v) is 10.2. The molecule has 0 aliphatic heterocycles. The van der Waals surface area contributed by atoms with Gasteiger partial charge in [0.1, 0.15) is 10.7 Å². The van der Waals surface area contributed by atoms with Crippen LogP contribution in [0.2, 0.25) is 0 Å². The minimum atomic E-state index is -3.80. The molecule has 168 valence electrons. The Labute approximate surface area is 186 Å². The molecular formula is C20H27N5O4S2. The summed E-state index contributed by atoms with van der Waals surface area (Å²) in [5, 5.41) is 16.9. The van der Waals surface area contributed by atoms with Gasteiger partial charge in [0.25, 0.3) is 0 Å². The Bertz CT molecular complexity index is 1140. The van der Waals surface area contributed by atoms with E-state index in [1.54, 1.807) is 18.4 Å². The minimum absolute atomic E-state index is 0.119. The predicted molar refractivity (Wildman–Crippen MR) is 122 cm³/mol. The molecule has 11 heteroatoms. The molecule has 1 atom stereocenters. The first-order valence-corrected chi connectivity index (χ1v) is 12.0. The maximum Gasteiger partial charge on any atom is 0.246 e. The lowest BCUT2D eigenvalue weighted by Crippen LogP contribution is -2.22. The Morgan fingerprint density at radius 2 is 1.94 bits per heavy atom. The summed E-state index contributed by atoms with van der Waals surface area (Å²) in [6, 6.07) is 6.39. The zero-order chi connectivity index (χ0) is 22.8. The van der Waals surface area contributed by atoms with Crippen LogP contribution in [0.4, 0.5) is 17.3 Å². The third-order valence-corrected chi connectivity index (χ3v) is 7.24. The van der Waals surface area contributed by atoms with Crippen molar-refractivity contribution in [2.45, 2.75) is 44.0 Å². The van der Waals surface area contributed by atoms with Crippen molar-refractivity contribution in [1.29, 1.82) is 0 Å². The van der Waals surface area contributed by atoms with Gasteiger partial charge in [0, 0.05) is 14.1 Å². The molecule has 0 bridgehead atoms. The van der Waals surface area contributed by atoms with Crippen molar-refractivity contribution in [1.82, 2.24) is 13.1 Å². The number of nitrogens with zero attached hydrogens (tertiary/aromatic N) is 3. The first kappa shape index (κ1) is 23.0. The fourth-order valence-corrected chi connectivity index (χ4v) is 4.39. The Balaban J connectivity index is 1.85. The fourth-order valence-electron chi connectivity index (χ4n) is 2.91. The van der Waals surface area contributed by atoms with Gasteiger partial charge in [-0.3, -0.25) is 0 Å². The molecule has 0 aliphatic carbocycles. The monoisotopic (exact) mass is 465 g/mol. The highest BCUT2D eigenvalue weighted by atomic mass is 32.2. The van der Waals surface area contributed by atoms with E-state index in [1.807, 2.05) is 13.0 Å². The number of benzene rings is 1. The van der Waals surface area contributed by atoms with Gasteiger partial charge in [-0.05, 0) is 36.1 Å². The number of nitrogens with one attached hydrogen (secondary N) is 2. The van der Waals surface area contributed by atoms with Gasteiger partial charge in [0.05, 0.1) is 29.7 Å². The van der Waals surface area contributed by atoms with Crippen molar-refractivity contribution in [2.75, 3.05) is 24.7 Å². The molecule has 0 unspecified atom stereocenters. The van der Waals surface area contributed by atoms with Crippen molar-refractivity contribution in [3.63, 3.8) is 0 Å². The number of hydrogen-bond donors (Lipinski definition) is 3. The Morgan fingerprint density at radius 3 is 2.55 bits per heavy atom. The van der Waals surface area contributed by atoms with Crippen LogP contribution in [0.5, 0.6) is 5.75 Å². The van der Waals surface area contributed by atoms with Crippen LogP contribution in [0.3, 0.4) is 0 Å². The molecule has 9 nitrogen and oxygen atoms in total. The van der Waals surface area contributed by atoms with Crippen molar-refractivity contribution in [3.05, 3.63) is 41.9 Å². The first-order valence-electron chi connectivity index (χ1n) is 9.84. The number of furan rings is 1. The van der Waals surface area contributed by atoms with E-state index in [1.165, 1.54) is 20.2 Å². The standard InChI is InChI=1S/C20H27N5O4S2/c1-6-14(16-10-13(11-29-16)12(2)3)21-19-20(24-30-23-19)22-15-8-7-9-17(18(15)26)31(27,28)25(4)5/h7-12,14,26H,6H2,1-5H3,(H,21,23)(H,22,24)/t14-/m1/s1. The average molecular weight is 466 g/mol. The summed E-state index contributed by atoms with van der Waals surface area (Å²) in [6.45, 7) is 6.24. The van der Waals surface area contributed by atoms with E-state index < -0.39 is 10.0 Å². The topological polar surface area (TPSA) is 121 Å². The summed E-state index contributed by atoms with van der Waals surface area (Å²) < 4.78 is 40.2. The van der Waals surface area contributed by atoms with Crippen molar-refractivity contribution in [3.8, 4) is 5.75 Å². The summed E-state index contributed by atoms with van der Waals surface area (Å²) >= 11 is 1.00. The van der Waals surface area contributed by atoms with Crippen molar-refractivity contribution < 1.29 is 17.9 Å². The van der Waals surface area contributed by atoms with Crippen molar-refractivity contribution >= 4 is 39.1 Å². The van der Waals surface area contributed by atoms with Crippen molar-refractivity contribution in [2.24, 2.45) is 0 Å². The molecule has 0 saturated heterocycles. The predicted octanol–water partition coefficient (Wildman–Crippen LogP) is 4.52. The summed E-state index contributed by atoms with van der Waals surface area (Å²) in [5.74, 6) is 1.65. The smallest absolute Gasteiger partial charge is 0.246 e. The molecule has 0 saturated carbocycles. The van der Waals surface area contributed by atoms with Crippen LogP contribution < -0.4 is 10.6 Å². The number of anilines is 3. The molecule has 0 radical (unpaired) electrons. The Kier molecular flexibility index (Phi) is 6.87. The second kappa shape index (κ2) is 9.25. The van der Waals surface area contributed by atoms with E-state index in [0.29, 0.717) is 17.6 Å². The summed E-state index contributed by atoms with van der Waals surface area (Å²) in [6.07, 6.45) is 2.52. The molecule has 0 fully saturated rings. The number of phenols is 1. The SMILES string of the molecule is CC[C@@H](Nc1nsnc1Nc1cccc(S(=O)(=O)N(C)C)c1O)c1cc(C(C)C)co1. The lowest BCUT2D eigenvalue weighted by molar-refractivity contribution is 0.454. The van der Waals surface area contributed by atoms with Crippen LogP contribution in [-0.2, 0) is 10.0 Å². The summed E-state index contributed by atoms with van der Waals surface area (Å²) in [5.41, 5.74) is 1.33. The number of aromatic hydroxyl groups is 1. The highest BCUT2D eigenvalue weighted by molar-refractivity contribution is 7.89. The van der Waals surface area contributed by atoms with Gasteiger partial charge < -0.3 is 20.2 Å². The maximum atomic E-state index is 12.5. The van der Waals surface area contributed by atoms with Gasteiger partial charge >= 0.3 is 0 Å². The molecular weight excluding hydrogens is 438 g/mol. The molecule has 0 spiro atoms. The quantitative estimate of drug-likeness (QED) is 0.395. The van der Waals surface area contributed by atoms with Crippen LogP contribution in [0.15, 0.2) is 39.8 Å². The van der Waals surface area contributed by atoms with Gasteiger partial charge in [0.2, 0.25) is 10.0 Å². The fraction of sp³-hybridized carbons (Fsp3) is 0.400. The minimum Gasteiger partial charge on any atom is -0.504 e. The number of rotatable bonds is 9. The normalized spacial score (nSPS) is 13.0. The van der Waals surface area contributed by atoms with E-state index in [-0.39, 0.29) is 22.4 Å². The second-order valence-electron chi connectivity index (χ2n) is 7.57. The third kappa shape index (κ3) is 4.83. The van der Waals surface area contributed by atoms with Gasteiger partial charge in [-0.15, -0.1) is 0 Å². The average Bonchev–Trinajstić information content (AvgIpc) is 3.37. The lowest BCUT2D eigenvalue weighted by Gasteiger charge is -2.17. The van der Waals surface area contributed by atoms with E-state index in [0.717, 1.165) is 33.8 Å². The van der Waals surface area contributed by atoms with Gasteiger partial charge in [-0.2, -0.15) is 8.75 Å². The van der Waals surface area contributed by atoms with Crippen LogP contribution in [0.25, 0.3) is 0 Å². The van der Waals surface area contributed by atoms with Gasteiger partial charge in [-0.25, -0.2) is 12.7 Å². The number of sulfonamides is 1. The largest absolute Gasteiger partial charge is 0.504 e. The molecule has 3 aromatic rings. The molecule has 31 heavy (non-hydrogen) atoms. The summed E-state index contributed by atoms with van der Waals surface area (Å²) in [7, 11) is -0.985. The van der Waals surface area contributed by atoms with E-state index >= 15 is 0 Å². The van der Waals surface area contributed by atoms with E-state index in [4.69, 9.17) is 4.42 Å². The maximum absolute atomic E-state index is 12.5. The van der Waals surface area contributed by atoms with Crippen LogP contribution >= 0.6 is 11.7 Å². The molecule has 1 aromatic carbocycles. The van der Waals surface area contributed by atoms with E-state index in [9.17, 15) is 13.5 Å². The molecule has 0 amide bonds. The molecule has 2 heterocycles. The first-order chi connectivity index (χ1) is 14.6. The van der Waals surface area contributed by atoms with Crippen LogP contribution in [0.1, 0.15) is 50.5 Å². The van der Waals surface area contributed by atoms with E-state index in [2.05, 4.69) is 33.2 Å². The Morgan fingerprint density at radius 1 is 1.23 bits per heavy atom. The lowest BCUT2D eigenvalue weighted by atomic mass is 10.1. The number of hydrogen-bond acceptors (Lipinski definition) is 9. The van der Waals surface area contributed by atoms with Crippen LogP contribution in [0, 0.1) is 0 Å². The highest BCUT2D eigenvalue weighted by Crippen LogP contribution is 2.36. The molecule has 0 aliphatic rings. The highest BCUT2D eigenvalue weighted by Gasteiger charge is 2.24. The number of aromatic nitrogens is 2. The number of para-hydroxylation sites is 1. The van der Waals surface area contributed by atoms with Gasteiger partial charge in [0.15, 0.2) is 17.4 Å². The van der Waals surface area contributed by atoms with Crippen LogP contribution in [-0.4, -0.2) is 40.7 Å². The zero-order valence-electron chi connectivity index (χ0n) is 18.1.